The maximum Gasteiger partial charge on any atom is 0.0284 e. The quantitative estimate of drug-likeness (QED) is 0.920. The number of hydrogen-bond acceptors (Lipinski definition) is 2. The molecule has 0 heterocycles. The van der Waals surface area contributed by atoms with Gasteiger partial charge in [-0.1, -0.05) is 22.0 Å². The van der Waals surface area contributed by atoms with Crippen molar-refractivity contribution in [1.29, 1.82) is 0 Å². The summed E-state index contributed by atoms with van der Waals surface area (Å²) in [6, 6.07) is 6.44. The van der Waals surface area contributed by atoms with Gasteiger partial charge < -0.3 is 10.6 Å². The fourth-order valence-electron chi connectivity index (χ4n) is 2.01. The SMILES string of the molecule is Cc1ccc(Br)cc1CN(C)CC1(N)CC1. The Hall–Kier alpha value is -0.380. The zero-order valence-electron chi connectivity index (χ0n) is 9.96. The van der Waals surface area contributed by atoms with Crippen LogP contribution in [0.25, 0.3) is 0 Å². The van der Waals surface area contributed by atoms with Crippen LogP contribution in [0.5, 0.6) is 0 Å². The van der Waals surface area contributed by atoms with Gasteiger partial charge in [-0.3, -0.25) is 0 Å². The van der Waals surface area contributed by atoms with Crippen molar-refractivity contribution in [3.8, 4) is 0 Å². The molecule has 0 aliphatic heterocycles. The van der Waals surface area contributed by atoms with E-state index in [1.165, 1.54) is 24.0 Å². The third-order valence-corrected chi connectivity index (χ3v) is 3.72. The van der Waals surface area contributed by atoms with Crippen LogP contribution < -0.4 is 5.73 Å². The number of hydrogen-bond donors (Lipinski definition) is 1. The molecule has 16 heavy (non-hydrogen) atoms. The fraction of sp³-hybridized carbons (Fsp3) is 0.538. The molecule has 0 unspecified atom stereocenters. The molecule has 0 spiro atoms. The molecule has 2 nitrogen and oxygen atoms in total. The number of nitrogens with two attached hydrogens (primary N) is 1. The topological polar surface area (TPSA) is 29.3 Å². The van der Waals surface area contributed by atoms with E-state index in [0.717, 1.165) is 17.6 Å². The smallest absolute Gasteiger partial charge is 0.0284 e. The van der Waals surface area contributed by atoms with Gasteiger partial charge >= 0.3 is 0 Å². The van der Waals surface area contributed by atoms with E-state index in [1.807, 2.05) is 0 Å². The van der Waals surface area contributed by atoms with Crippen molar-refractivity contribution in [2.45, 2.75) is 31.8 Å². The van der Waals surface area contributed by atoms with Crippen molar-refractivity contribution >= 4 is 15.9 Å². The molecule has 88 valence electrons. The summed E-state index contributed by atoms with van der Waals surface area (Å²) in [5, 5.41) is 0. The normalized spacial score (nSPS) is 17.8. The number of likely N-dealkylation sites (N-methyl/N-ethyl adjacent to an activating group) is 1. The number of nitrogens with zero attached hydrogens (tertiary/aromatic N) is 1. The summed E-state index contributed by atoms with van der Waals surface area (Å²) in [6.45, 7) is 4.13. The van der Waals surface area contributed by atoms with Crippen LogP contribution in [0.2, 0.25) is 0 Å². The van der Waals surface area contributed by atoms with Crippen molar-refractivity contribution < 1.29 is 0 Å². The Morgan fingerprint density at radius 2 is 2.12 bits per heavy atom. The monoisotopic (exact) mass is 282 g/mol. The van der Waals surface area contributed by atoms with Crippen molar-refractivity contribution in [3.63, 3.8) is 0 Å². The zero-order chi connectivity index (χ0) is 11.8. The van der Waals surface area contributed by atoms with E-state index in [0.29, 0.717) is 0 Å². The summed E-state index contributed by atoms with van der Waals surface area (Å²) in [5.41, 5.74) is 8.94. The molecule has 2 N–H and O–H groups in total. The third kappa shape index (κ3) is 3.06. The van der Waals surface area contributed by atoms with Gasteiger partial charge in [0.05, 0.1) is 0 Å². The van der Waals surface area contributed by atoms with Crippen LogP contribution in [0.15, 0.2) is 22.7 Å². The Labute approximate surface area is 106 Å². The Bertz CT molecular complexity index is 386. The number of rotatable bonds is 4. The van der Waals surface area contributed by atoms with E-state index in [1.54, 1.807) is 0 Å². The van der Waals surface area contributed by atoms with Gasteiger partial charge in [-0.15, -0.1) is 0 Å². The molecule has 0 amide bonds. The summed E-state index contributed by atoms with van der Waals surface area (Å²) in [6.07, 6.45) is 2.35. The first-order valence-electron chi connectivity index (χ1n) is 5.71. The second kappa shape index (κ2) is 4.47. The minimum absolute atomic E-state index is 0.106. The molecular weight excluding hydrogens is 264 g/mol. The molecule has 0 bridgehead atoms. The molecular formula is C13H19BrN2. The highest BCUT2D eigenvalue weighted by atomic mass is 79.9. The number of halogens is 1. The fourth-order valence-corrected chi connectivity index (χ4v) is 2.42. The summed E-state index contributed by atoms with van der Waals surface area (Å²) >= 11 is 3.52. The predicted molar refractivity (Wildman–Crippen MR) is 71.4 cm³/mol. The molecule has 2 rings (SSSR count). The molecule has 1 aromatic rings. The van der Waals surface area contributed by atoms with Crippen LogP contribution in [0.1, 0.15) is 24.0 Å². The average Bonchev–Trinajstić information content (AvgIpc) is 2.89. The number of benzene rings is 1. The van der Waals surface area contributed by atoms with Gasteiger partial charge in [-0.25, -0.2) is 0 Å². The number of aryl methyl sites for hydroxylation is 1. The molecule has 1 fully saturated rings. The predicted octanol–water partition coefficient (Wildman–Crippen LogP) is 2.68. The van der Waals surface area contributed by atoms with Crippen LogP contribution in [0.3, 0.4) is 0 Å². The van der Waals surface area contributed by atoms with Crippen LogP contribution in [-0.2, 0) is 6.54 Å². The minimum Gasteiger partial charge on any atom is -0.324 e. The van der Waals surface area contributed by atoms with Gasteiger partial charge in [0.15, 0.2) is 0 Å². The summed E-state index contributed by atoms with van der Waals surface area (Å²) < 4.78 is 1.15. The molecule has 3 heteroatoms. The second-order valence-electron chi connectivity index (χ2n) is 5.11. The van der Waals surface area contributed by atoms with Crippen molar-refractivity contribution in [3.05, 3.63) is 33.8 Å². The highest BCUT2D eigenvalue weighted by molar-refractivity contribution is 9.10. The highest BCUT2D eigenvalue weighted by Crippen LogP contribution is 2.33. The molecule has 1 aromatic carbocycles. The first kappa shape index (κ1) is 12.1. The van der Waals surface area contributed by atoms with E-state index in [2.05, 4.69) is 53.0 Å². The van der Waals surface area contributed by atoms with Crippen LogP contribution in [0.4, 0.5) is 0 Å². The molecule has 0 saturated heterocycles. The lowest BCUT2D eigenvalue weighted by molar-refractivity contribution is 0.295. The highest BCUT2D eigenvalue weighted by Gasteiger charge is 2.38. The van der Waals surface area contributed by atoms with Gasteiger partial charge in [0.25, 0.3) is 0 Å². The maximum atomic E-state index is 6.12. The largest absolute Gasteiger partial charge is 0.324 e. The molecule has 0 aromatic heterocycles. The van der Waals surface area contributed by atoms with E-state index in [-0.39, 0.29) is 5.54 Å². The summed E-state index contributed by atoms with van der Waals surface area (Å²) in [4.78, 5) is 2.32. The molecule has 1 aliphatic rings. The van der Waals surface area contributed by atoms with E-state index >= 15 is 0 Å². The Morgan fingerprint density at radius 1 is 1.44 bits per heavy atom. The van der Waals surface area contributed by atoms with Gasteiger partial charge in [0.1, 0.15) is 0 Å². The van der Waals surface area contributed by atoms with Crippen molar-refractivity contribution in [1.82, 2.24) is 4.90 Å². The van der Waals surface area contributed by atoms with Gasteiger partial charge in [0, 0.05) is 23.1 Å². The van der Waals surface area contributed by atoms with Crippen molar-refractivity contribution in [2.75, 3.05) is 13.6 Å². The first-order chi connectivity index (χ1) is 7.48. The van der Waals surface area contributed by atoms with Crippen LogP contribution in [0, 0.1) is 6.92 Å². The summed E-state index contributed by atoms with van der Waals surface area (Å²) in [5.74, 6) is 0. The van der Waals surface area contributed by atoms with E-state index in [9.17, 15) is 0 Å². The zero-order valence-corrected chi connectivity index (χ0v) is 11.5. The molecule has 1 saturated carbocycles. The lowest BCUT2D eigenvalue weighted by Gasteiger charge is -2.21. The van der Waals surface area contributed by atoms with E-state index < -0.39 is 0 Å². The lowest BCUT2D eigenvalue weighted by atomic mass is 10.1. The standard InChI is InChI=1S/C13H19BrN2/c1-10-3-4-12(14)7-11(10)8-16(2)9-13(15)5-6-13/h3-4,7H,5-6,8-9,15H2,1-2H3. The minimum atomic E-state index is 0.106. The van der Waals surface area contributed by atoms with Crippen LogP contribution in [-0.4, -0.2) is 24.0 Å². The Balaban J connectivity index is 1.99. The molecule has 1 aliphatic carbocycles. The average molecular weight is 283 g/mol. The molecule has 0 atom stereocenters. The summed E-state index contributed by atoms with van der Waals surface area (Å²) in [7, 11) is 2.15. The third-order valence-electron chi connectivity index (χ3n) is 3.23. The van der Waals surface area contributed by atoms with Gasteiger partial charge in [0.2, 0.25) is 0 Å². The van der Waals surface area contributed by atoms with Gasteiger partial charge in [-0.2, -0.15) is 0 Å². The van der Waals surface area contributed by atoms with Crippen LogP contribution >= 0.6 is 15.9 Å². The Morgan fingerprint density at radius 3 is 2.75 bits per heavy atom. The lowest BCUT2D eigenvalue weighted by Crippen LogP contribution is -2.36. The Kier molecular flexibility index (Phi) is 3.38. The van der Waals surface area contributed by atoms with Gasteiger partial charge in [-0.05, 0) is 50.1 Å². The van der Waals surface area contributed by atoms with Crippen molar-refractivity contribution in [2.24, 2.45) is 5.73 Å². The maximum absolute atomic E-state index is 6.12. The second-order valence-corrected chi connectivity index (χ2v) is 6.02. The van der Waals surface area contributed by atoms with E-state index in [4.69, 9.17) is 5.73 Å². The first-order valence-corrected chi connectivity index (χ1v) is 6.50. The molecule has 0 radical (unpaired) electrons.